The number of hydrogen-bond donors (Lipinski definition) is 1. The zero-order valence-corrected chi connectivity index (χ0v) is 11.4. The number of aryl methyl sites for hydroxylation is 1. The molecule has 0 aliphatic rings. The second-order valence-corrected chi connectivity index (χ2v) is 4.76. The van der Waals surface area contributed by atoms with Crippen molar-refractivity contribution in [3.8, 4) is 0 Å². The van der Waals surface area contributed by atoms with Crippen LogP contribution in [0.1, 0.15) is 37.0 Å². The third-order valence-electron chi connectivity index (χ3n) is 2.99. The molecule has 0 atom stereocenters. The molecule has 2 aromatic heterocycles. The third kappa shape index (κ3) is 2.53. The Morgan fingerprint density at radius 1 is 1.28 bits per heavy atom. The van der Waals surface area contributed by atoms with E-state index in [2.05, 4.69) is 40.9 Å². The Morgan fingerprint density at radius 2 is 2.06 bits per heavy atom. The molecule has 0 saturated heterocycles. The van der Waals surface area contributed by atoms with Gasteiger partial charge >= 0.3 is 0 Å². The lowest BCUT2D eigenvalue weighted by molar-refractivity contribution is 0.516. The van der Waals surface area contributed by atoms with E-state index in [-0.39, 0.29) is 0 Å². The largest absolute Gasteiger partial charge is 0.376 e. The molecule has 0 bridgehead atoms. The molecule has 0 fully saturated rings. The minimum absolute atomic E-state index is 0.383. The van der Waals surface area contributed by atoms with Gasteiger partial charge < -0.3 is 5.32 Å². The predicted octanol–water partition coefficient (Wildman–Crippen LogP) is 3.09. The molecular weight excluding hydrogens is 224 g/mol. The highest BCUT2D eigenvalue weighted by Gasteiger charge is 2.12. The summed E-state index contributed by atoms with van der Waals surface area (Å²) in [6.07, 6.45) is 1.81. The Kier molecular flexibility index (Phi) is 3.65. The molecule has 0 saturated carbocycles. The third-order valence-corrected chi connectivity index (χ3v) is 2.99. The van der Waals surface area contributed by atoms with Crippen molar-refractivity contribution in [2.75, 3.05) is 5.32 Å². The van der Waals surface area contributed by atoms with Crippen LogP contribution >= 0.6 is 0 Å². The quantitative estimate of drug-likeness (QED) is 0.898. The Balaban J connectivity index is 2.15. The topological polar surface area (TPSA) is 42.7 Å². The summed E-state index contributed by atoms with van der Waals surface area (Å²) in [4.78, 5) is 4.31. The summed E-state index contributed by atoms with van der Waals surface area (Å²) in [5.41, 5.74) is 4.37. The van der Waals surface area contributed by atoms with Crippen molar-refractivity contribution in [3.63, 3.8) is 0 Å². The number of rotatable bonds is 4. The number of hydrogen-bond acceptors (Lipinski definition) is 3. The van der Waals surface area contributed by atoms with Gasteiger partial charge in [0.2, 0.25) is 0 Å². The molecule has 96 valence electrons. The Hall–Kier alpha value is -1.84. The Bertz CT molecular complexity index is 514. The number of nitrogens with one attached hydrogen (secondary N) is 1. The highest BCUT2D eigenvalue weighted by molar-refractivity contribution is 5.52. The van der Waals surface area contributed by atoms with Crippen LogP contribution in [0.15, 0.2) is 24.4 Å². The van der Waals surface area contributed by atoms with Gasteiger partial charge in [-0.3, -0.25) is 9.67 Å². The molecule has 2 aromatic rings. The molecule has 4 nitrogen and oxygen atoms in total. The van der Waals surface area contributed by atoms with Crippen LogP contribution in [0, 0.1) is 13.8 Å². The zero-order chi connectivity index (χ0) is 13.1. The molecule has 18 heavy (non-hydrogen) atoms. The van der Waals surface area contributed by atoms with Gasteiger partial charge in [-0.15, -0.1) is 0 Å². The normalized spacial score (nSPS) is 10.9. The van der Waals surface area contributed by atoms with Gasteiger partial charge in [-0.2, -0.15) is 5.10 Å². The number of aromatic nitrogens is 3. The van der Waals surface area contributed by atoms with E-state index >= 15 is 0 Å². The van der Waals surface area contributed by atoms with Crippen molar-refractivity contribution < 1.29 is 0 Å². The first-order chi connectivity index (χ1) is 8.59. The van der Waals surface area contributed by atoms with Gasteiger partial charge in [-0.1, -0.05) is 6.07 Å². The van der Waals surface area contributed by atoms with Gasteiger partial charge in [-0.25, -0.2) is 0 Å². The maximum absolute atomic E-state index is 4.56. The lowest BCUT2D eigenvalue weighted by Crippen LogP contribution is -2.06. The average Bonchev–Trinajstić information content (AvgIpc) is 2.64. The van der Waals surface area contributed by atoms with Gasteiger partial charge in [0.15, 0.2) is 0 Å². The SMILES string of the molecule is Cc1nn(C(C)C)c(C)c1NCc1ccccn1. The van der Waals surface area contributed by atoms with Gasteiger partial charge in [0.05, 0.1) is 29.3 Å². The zero-order valence-electron chi connectivity index (χ0n) is 11.4. The predicted molar refractivity (Wildman–Crippen MR) is 73.6 cm³/mol. The minimum Gasteiger partial charge on any atom is -0.376 e. The summed E-state index contributed by atoms with van der Waals surface area (Å²) in [6.45, 7) is 9.14. The molecule has 0 unspecified atom stereocenters. The first-order valence-corrected chi connectivity index (χ1v) is 6.29. The molecule has 0 aromatic carbocycles. The molecule has 2 heterocycles. The van der Waals surface area contributed by atoms with E-state index in [1.807, 2.05) is 31.3 Å². The maximum atomic E-state index is 4.56. The van der Waals surface area contributed by atoms with Crippen LogP contribution in [-0.4, -0.2) is 14.8 Å². The molecule has 1 N–H and O–H groups in total. The second kappa shape index (κ2) is 5.21. The monoisotopic (exact) mass is 244 g/mol. The van der Waals surface area contributed by atoms with Crippen LogP contribution in [-0.2, 0) is 6.54 Å². The van der Waals surface area contributed by atoms with Gasteiger partial charge in [0, 0.05) is 12.2 Å². The summed E-state index contributed by atoms with van der Waals surface area (Å²) >= 11 is 0. The smallest absolute Gasteiger partial charge is 0.0828 e. The lowest BCUT2D eigenvalue weighted by Gasteiger charge is -2.09. The number of nitrogens with zero attached hydrogens (tertiary/aromatic N) is 3. The van der Waals surface area contributed by atoms with E-state index in [9.17, 15) is 0 Å². The van der Waals surface area contributed by atoms with Crippen molar-refractivity contribution >= 4 is 5.69 Å². The molecular formula is C14H20N4. The van der Waals surface area contributed by atoms with Crippen LogP contribution in [0.4, 0.5) is 5.69 Å². The van der Waals surface area contributed by atoms with Crippen LogP contribution in [0.25, 0.3) is 0 Å². The maximum Gasteiger partial charge on any atom is 0.0828 e. The van der Waals surface area contributed by atoms with E-state index in [4.69, 9.17) is 0 Å². The van der Waals surface area contributed by atoms with Crippen LogP contribution < -0.4 is 5.32 Å². The van der Waals surface area contributed by atoms with Crippen molar-refractivity contribution in [1.29, 1.82) is 0 Å². The van der Waals surface area contributed by atoms with Crippen molar-refractivity contribution in [2.45, 2.75) is 40.3 Å². The van der Waals surface area contributed by atoms with E-state index in [0.717, 1.165) is 23.6 Å². The Morgan fingerprint density at radius 3 is 2.61 bits per heavy atom. The average molecular weight is 244 g/mol. The van der Waals surface area contributed by atoms with Gasteiger partial charge in [-0.05, 0) is 39.8 Å². The molecule has 0 radical (unpaired) electrons. The van der Waals surface area contributed by atoms with Crippen LogP contribution in [0.2, 0.25) is 0 Å². The number of pyridine rings is 1. The first-order valence-electron chi connectivity index (χ1n) is 6.29. The van der Waals surface area contributed by atoms with E-state index in [1.165, 1.54) is 5.69 Å². The fourth-order valence-corrected chi connectivity index (χ4v) is 2.10. The highest BCUT2D eigenvalue weighted by atomic mass is 15.3. The lowest BCUT2D eigenvalue weighted by atomic mass is 10.3. The standard InChI is InChI=1S/C14H20N4/c1-10(2)18-12(4)14(11(3)17-18)16-9-13-7-5-6-8-15-13/h5-8,10,16H,9H2,1-4H3. The molecule has 0 aliphatic carbocycles. The fraction of sp³-hybridized carbons (Fsp3) is 0.429. The van der Waals surface area contributed by atoms with Crippen molar-refractivity contribution in [2.24, 2.45) is 0 Å². The molecule has 0 amide bonds. The number of anilines is 1. The summed E-state index contributed by atoms with van der Waals surface area (Å²) < 4.78 is 2.05. The second-order valence-electron chi connectivity index (χ2n) is 4.76. The molecule has 2 rings (SSSR count). The summed E-state index contributed by atoms with van der Waals surface area (Å²) in [6, 6.07) is 6.33. The van der Waals surface area contributed by atoms with Gasteiger partial charge in [0.25, 0.3) is 0 Å². The summed E-state index contributed by atoms with van der Waals surface area (Å²) in [7, 11) is 0. The summed E-state index contributed by atoms with van der Waals surface area (Å²) in [5.74, 6) is 0. The fourth-order valence-electron chi connectivity index (χ4n) is 2.10. The molecule has 4 heteroatoms. The highest BCUT2D eigenvalue weighted by Crippen LogP contribution is 2.22. The van der Waals surface area contributed by atoms with Crippen LogP contribution in [0.5, 0.6) is 0 Å². The minimum atomic E-state index is 0.383. The summed E-state index contributed by atoms with van der Waals surface area (Å²) in [5, 5.41) is 7.98. The van der Waals surface area contributed by atoms with E-state index < -0.39 is 0 Å². The van der Waals surface area contributed by atoms with E-state index in [0.29, 0.717) is 6.04 Å². The Labute approximate surface area is 108 Å². The van der Waals surface area contributed by atoms with Crippen molar-refractivity contribution in [3.05, 3.63) is 41.5 Å². The van der Waals surface area contributed by atoms with E-state index in [1.54, 1.807) is 0 Å². The van der Waals surface area contributed by atoms with Crippen LogP contribution in [0.3, 0.4) is 0 Å². The molecule has 0 spiro atoms. The molecule has 0 aliphatic heterocycles. The van der Waals surface area contributed by atoms with Crippen molar-refractivity contribution in [1.82, 2.24) is 14.8 Å². The first kappa shape index (κ1) is 12.6. The van der Waals surface area contributed by atoms with Gasteiger partial charge in [0.1, 0.15) is 0 Å².